The normalized spacial score (nSPS) is 25.8. The average molecular weight is 570 g/mol. The number of halogens is 2. The van der Waals surface area contributed by atoms with Crippen molar-refractivity contribution >= 4 is 46.4 Å². The zero-order valence-electron chi connectivity index (χ0n) is 20.5. The zero-order chi connectivity index (χ0) is 26.9. The number of aliphatic carboxylic acids is 1. The fraction of sp³-hybridized carbons (Fsp3) is 0.462. The minimum absolute atomic E-state index is 0.143. The second-order valence-corrected chi connectivity index (χ2v) is 11.7. The van der Waals surface area contributed by atoms with Crippen LogP contribution in [0.4, 0.5) is 0 Å². The van der Waals surface area contributed by atoms with E-state index in [9.17, 15) is 23.5 Å². The molecule has 2 aromatic rings. The van der Waals surface area contributed by atoms with Gasteiger partial charge in [0, 0.05) is 29.6 Å². The molecule has 2 N–H and O–H groups in total. The van der Waals surface area contributed by atoms with Crippen LogP contribution in [0.15, 0.2) is 48.5 Å². The highest BCUT2D eigenvalue weighted by atomic mass is 35.5. The maximum atomic E-state index is 14.3. The van der Waals surface area contributed by atoms with Gasteiger partial charge in [0.15, 0.2) is 0 Å². The van der Waals surface area contributed by atoms with E-state index in [4.69, 9.17) is 27.5 Å². The molecule has 1 aliphatic carbocycles. The van der Waals surface area contributed by atoms with Crippen LogP contribution >= 0.6 is 23.2 Å². The number of hydrogen-bond acceptors (Lipinski definition) is 5. The number of rotatable bonds is 10. The second kappa shape index (κ2) is 11.4. The summed E-state index contributed by atoms with van der Waals surface area (Å²) >= 11 is 10.1. The number of carboxylic acids is 1. The predicted octanol–water partition coefficient (Wildman–Crippen LogP) is 5.31. The zero-order valence-corrected chi connectivity index (χ0v) is 22.9. The lowest BCUT2D eigenvalue weighted by Crippen LogP contribution is -2.58. The summed E-state index contributed by atoms with van der Waals surface area (Å²) in [5.74, 6) is -1.43. The number of hydrogen-bond donors (Lipinski definition) is 2. The first kappa shape index (κ1) is 28.0. The summed E-state index contributed by atoms with van der Waals surface area (Å²) in [6, 6.07) is 13.9. The van der Waals surface area contributed by atoms with E-state index in [1.54, 1.807) is 37.1 Å². The lowest BCUT2D eigenvalue weighted by Gasteiger charge is -2.52. The first-order valence-corrected chi connectivity index (χ1v) is 13.8. The molecule has 0 radical (unpaired) electrons. The Kier molecular flexibility index (Phi) is 8.62. The van der Waals surface area contributed by atoms with Gasteiger partial charge in [-0.15, -0.1) is 0 Å². The van der Waals surface area contributed by atoms with E-state index in [0.29, 0.717) is 16.5 Å². The average Bonchev–Trinajstić information content (AvgIpc) is 3.64. The first-order chi connectivity index (χ1) is 17.5. The molecule has 5 atom stereocenters. The van der Waals surface area contributed by atoms with Crippen LogP contribution in [0.25, 0.3) is 0 Å². The molecule has 0 bridgehead atoms. The van der Waals surface area contributed by atoms with Crippen LogP contribution in [0.1, 0.15) is 55.7 Å². The summed E-state index contributed by atoms with van der Waals surface area (Å²) in [6.45, 7) is 1.89. The van der Waals surface area contributed by atoms with Crippen molar-refractivity contribution in [3.05, 3.63) is 69.7 Å². The summed E-state index contributed by atoms with van der Waals surface area (Å²) in [4.78, 5) is 28.0. The highest BCUT2D eigenvalue weighted by Crippen LogP contribution is 2.54. The molecule has 2 aliphatic rings. The summed E-state index contributed by atoms with van der Waals surface area (Å²) in [5.41, 5.74) is 0.589. The Morgan fingerprint density at radius 3 is 2.43 bits per heavy atom. The maximum Gasteiger partial charge on any atom is 0.319 e. The SMILES string of the molecule is CN(CC(C1CC1)N1C(=O)C(C)(CC(=O)O)CC(c2cccc(Cl)c2)C1c1ccc(Cl)cc1)OS(=O)O. The van der Waals surface area contributed by atoms with Crippen molar-refractivity contribution in [1.82, 2.24) is 9.96 Å². The molecule has 5 unspecified atom stereocenters. The molecule has 1 saturated carbocycles. The standard InChI is InChI=1S/C26H30Cl2N2O6S/c1-26(14-23(31)32)13-21(18-4-3-5-20(28)12-18)24(17-8-10-19(27)11-9-17)30(25(26)33)22(16-6-7-16)15-29(2)36-37(34)35/h3-5,8-12,16,21-22,24H,6-7,13-15H2,1-2H3,(H,31,32)(H,34,35). The fourth-order valence-electron chi connectivity index (χ4n) is 5.59. The quantitative estimate of drug-likeness (QED) is 0.295. The minimum atomic E-state index is -2.51. The lowest BCUT2D eigenvalue weighted by molar-refractivity contribution is -0.163. The van der Waals surface area contributed by atoms with E-state index in [2.05, 4.69) is 0 Å². The second-order valence-electron chi connectivity index (χ2n) is 10.2. The van der Waals surface area contributed by atoms with Crippen molar-refractivity contribution in [2.45, 2.75) is 50.6 Å². The summed E-state index contributed by atoms with van der Waals surface area (Å²) < 4.78 is 25.5. The van der Waals surface area contributed by atoms with E-state index in [-0.39, 0.29) is 36.8 Å². The van der Waals surface area contributed by atoms with Crippen molar-refractivity contribution in [1.29, 1.82) is 0 Å². The maximum absolute atomic E-state index is 14.3. The van der Waals surface area contributed by atoms with Crippen molar-refractivity contribution < 1.29 is 27.7 Å². The van der Waals surface area contributed by atoms with Gasteiger partial charge >= 0.3 is 17.3 Å². The highest BCUT2D eigenvalue weighted by Gasteiger charge is 2.54. The van der Waals surface area contributed by atoms with Gasteiger partial charge in [-0.2, -0.15) is 13.6 Å². The number of carboxylic acid groups (broad SMARTS) is 1. The molecule has 2 fully saturated rings. The molecule has 2 aromatic carbocycles. The van der Waals surface area contributed by atoms with Crippen LogP contribution in [-0.2, 0) is 25.2 Å². The molecule has 0 spiro atoms. The van der Waals surface area contributed by atoms with Crippen LogP contribution in [0.2, 0.25) is 10.0 Å². The van der Waals surface area contributed by atoms with Crippen LogP contribution < -0.4 is 0 Å². The molecule has 200 valence electrons. The van der Waals surface area contributed by atoms with Crippen LogP contribution in [0, 0.1) is 11.3 Å². The molecular formula is C26H30Cl2N2O6S. The predicted molar refractivity (Wildman–Crippen MR) is 141 cm³/mol. The van der Waals surface area contributed by atoms with Gasteiger partial charge in [-0.3, -0.25) is 14.1 Å². The highest BCUT2D eigenvalue weighted by molar-refractivity contribution is 7.74. The number of likely N-dealkylation sites (N-methyl/N-ethyl adjacent to an activating group) is 1. The Labute approximate surface area is 228 Å². The van der Waals surface area contributed by atoms with Gasteiger partial charge in [0.25, 0.3) is 0 Å². The van der Waals surface area contributed by atoms with Gasteiger partial charge < -0.3 is 10.0 Å². The number of hydroxylamine groups is 2. The largest absolute Gasteiger partial charge is 0.481 e. The van der Waals surface area contributed by atoms with E-state index in [1.807, 2.05) is 30.3 Å². The van der Waals surface area contributed by atoms with Gasteiger partial charge in [0.1, 0.15) is 0 Å². The molecular weight excluding hydrogens is 539 g/mol. The molecule has 0 aromatic heterocycles. The molecule has 1 heterocycles. The molecule has 11 heteroatoms. The fourth-order valence-corrected chi connectivity index (χ4v) is 6.20. The third kappa shape index (κ3) is 6.53. The molecule has 1 saturated heterocycles. The number of likely N-dealkylation sites (tertiary alicyclic amines) is 1. The number of piperidine rings is 1. The Morgan fingerprint density at radius 1 is 1.19 bits per heavy atom. The number of nitrogens with zero attached hydrogens (tertiary/aromatic N) is 2. The summed E-state index contributed by atoms with van der Waals surface area (Å²) in [6.07, 6.45) is 1.76. The van der Waals surface area contributed by atoms with Crippen molar-refractivity contribution in [3.8, 4) is 0 Å². The Morgan fingerprint density at radius 2 is 1.86 bits per heavy atom. The van der Waals surface area contributed by atoms with Gasteiger partial charge in [-0.05, 0) is 60.6 Å². The van der Waals surface area contributed by atoms with E-state index in [0.717, 1.165) is 24.0 Å². The number of carbonyl (C=O) groups is 2. The molecule has 37 heavy (non-hydrogen) atoms. The number of benzene rings is 2. The van der Waals surface area contributed by atoms with Crippen molar-refractivity contribution in [2.75, 3.05) is 13.6 Å². The van der Waals surface area contributed by atoms with E-state index < -0.39 is 28.8 Å². The topological polar surface area (TPSA) is 107 Å². The Balaban J connectivity index is 1.88. The number of amides is 1. The first-order valence-electron chi connectivity index (χ1n) is 12.0. The molecule has 4 rings (SSSR count). The molecule has 8 nitrogen and oxygen atoms in total. The molecule has 1 aliphatic heterocycles. The van der Waals surface area contributed by atoms with Crippen LogP contribution in [-0.4, -0.2) is 55.3 Å². The van der Waals surface area contributed by atoms with Crippen LogP contribution in [0.5, 0.6) is 0 Å². The minimum Gasteiger partial charge on any atom is -0.481 e. The van der Waals surface area contributed by atoms with Gasteiger partial charge in [-0.25, -0.2) is 0 Å². The number of carbonyl (C=O) groups excluding carboxylic acids is 1. The summed E-state index contributed by atoms with van der Waals surface area (Å²) in [7, 11) is 1.54. The Hall–Kier alpha value is -2.01. The Bertz CT molecular complexity index is 1180. The van der Waals surface area contributed by atoms with E-state index in [1.165, 1.54) is 5.06 Å². The summed E-state index contributed by atoms with van der Waals surface area (Å²) in [5, 5.41) is 12.1. The van der Waals surface area contributed by atoms with Crippen molar-refractivity contribution in [3.63, 3.8) is 0 Å². The monoisotopic (exact) mass is 568 g/mol. The van der Waals surface area contributed by atoms with Crippen LogP contribution in [0.3, 0.4) is 0 Å². The van der Waals surface area contributed by atoms with Gasteiger partial charge in [0.2, 0.25) is 5.91 Å². The lowest BCUT2D eigenvalue weighted by atomic mass is 9.67. The molecule has 1 amide bonds. The third-order valence-electron chi connectivity index (χ3n) is 7.29. The smallest absolute Gasteiger partial charge is 0.319 e. The van der Waals surface area contributed by atoms with Gasteiger partial charge in [-0.1, -0.05) is 54.4 Å². The van der Waals surface area contributed by atoms with Crippen molar-refractivity contribution in [2.24, 2.45) is 11.3 Å². The van der Waals surface area contributed by atoms with E-state index >= 15 is 0 Å². The third-order valence-corrected chi connectivity index (χ3v) is 8.16. The van der Waals surface area contributed by atoms with Gasteiger partial charge in [0.05, 0.1) is 23.9 Å².